The predicted molar refractivity (Wildman–Crippen MR) is 109 cm³/mol. The van der Waals surface area contributed by atoms with Gasteiger partial charge in [-0.1, -0.05) is 17.7 Å². The van der Waals surface area contributed by atoms with E-state index in [1.54, 1.807) is 0 Å². The van der Waals surface area contributed by atoms with E-state index in [4.69, 9.17) is 11.6 Å². The summed E-state index contributed by atoms with van der Waals surface area (Å²) in [7, 11) is 0. The largest absolute Gasteiger partial charge is 0.433 e. The molecule has 0 bridgehead atoms. The van der Waals surface area contributed by atoms with Gasteiger partial charge in [-0.15, -0.1) is 5.10 Å². The van der Waals surface area contributed by atoms with Crippen LogP contribution in [0.2, 0.25) is 5.02 Å². The first-order valence-corrected chi connectivity index (χ1v) is 9.98. The van der Waals surface area contributed by atoms with Crippen LogP contribution in [0.5, 0.6) is 0 Å². The Morgan fingerprint density at radius 1 is 1.28 bits per heavy atom. The summed E-state index contributed by atoms with van der Waals surface area (Å²) in [6.45, 7) is 1.34. The Morgan fingerprint density at radius 3 is 2.72 bits per heavy atom. The minimum atomic E-state index is -4.71. The zero-order chi connectivity index (χ0) is 23.2. The molecule has 4 rings (SSSR count). The standard InChI is InChI=1S/C18H11BrClF4N7O/c1-8-5-12(18(22,23)24)31-15(26-8)13(19)14(28-31)16(32)27-17-25-7-30(29-17)6-9-10(20)3-2-4-11(9)21/h2-5,7H,6H2,1H3,(H,27,29,32). The van der Waals surface area contributed by atoms with Crippen molar-refractivity contribution in [3.63, 3.8) is 0 Å². The van der Waals surface area contributed by atoms with Crippen LogP contribution in [0.25, 0.3) is 5.65 Å². The number of benzene rings is 1. The number of carbonyl (C=O) groups excluding carboxylic acids is 1. The molecule has 4 aromatic rings. The molecule has 1 N–H and O–H groups in total. The molecule has 1 aromatic carbocycles. The molecule has 0 aliphatic heterocycles. The van der Waals surface area contributed by atoms with Crippen molar-refractivity contribution in [2.75, 3.05) is 5.32 Å². The van der Waals surface area contributed by atoms with Gasteiger partial charge in [0.25, 0.3) is 5.91 Å². The predicted octanol–water partition coefficient (Wildman–Crippen LogP) is 4.50. The quantitative estimate of drug-likeness (QED) is 0.391. The molecule has 0 atom stereocenters. The fourth-order valence-corrected chi connectivity index (χ4v) is 3.63. The fraction of sp³-hybridized carbons (Fsp3) is 0.167. The molecule has 32 heavy (non-hydrogen) atoms. The summed E-state index contributed by atoms with van der Waals surface area (Å²) in [6, 6.07) is 5.05. The van der Waals surface area contributed by atoms with Gasteiger partial charge >= 0.3 is 6.18 Å². The van der Waals surface area contributed by atoms with Crippen molar-refractivity contribution < 1.29 is 22.4 Å². The number of hydrogen-bond acceptors (Lipinski definition) is 5. The van der Waals surface area contributed by atoms with E-state index >= 15 is 0 Å². The summed E-state index contributed by atoms with van der Waals surface area (Å²) in [5, 5.41) is 10.3. The van der Waals surface area contributed by atoms with Gasteiger partial charge < -0.3 is 0 Å². The zero-order valence-electron chi connectivity index (χ0n) is 16.0. The van der Waals surface area contributed by atoms with Crippen LogP contribution in [0.15, 0.2) is 35.1 Å². The number of anilines is 1. The second-order valence-electron chi connectivity index (χ2n) is 6.60. The Labute approximate surface area is 190 Å². The van der Waals surface area contributed by atoms with Crippen molar-refractivity contribution in [1.29, 1.82) is 0 Å². The first-order chi connectivity index (χ1) is 15.0. The van der Waals surface area contributed by atoms with Gasteiger partial charge in [0.1, 0.15) is 17.8 Å². The molecule has 0 saturated heterocycles. The van der Waals surface area contributed by atoms with Gasteiger partial charge in [0.15, 0.2) is 11.3 Å². The van der Waals surface area contributed by atoms with Gasteiger partial charge in [0.05, 0.1) is 11.0 Å². The maximum absolute atomic E-state index is 13.9. The van der Waals surface area contributed by atoms with E-state index < -0.39 is 23.6 Å². The van der Waals surface area contributed by atoms with E-state index in [1.807, 2.05) is 0 Å². The molecule has 0 aliphatic carbocycles. The molecule has 0 aliphatic rings. The summed E-state index contributed by atoms with van der Waals surface area (Å²) < 4.78 is 55.8. The smallest absolute Gasteiger partial charge is 0.288 e. The van der Waals surface area contributed by atoms with Crippen LogP contribution in [0.4, 0.5) is 23.5 Å². The van der Waals surface area contributed by atoms with Crippen molar-refractivity contribution in [2.45, 2.75) is 19.6 Å². The normalized spacial score (nSPS) is 11.8. The molecule has 0 radical (unpaired) electrons. The lowest BCUT2D eigenvalue weighted by Crippen LogP contribution is -2.16. The summed E-state index contributed by atoms with van der Waals surface area (Å²) in [5.74, 6) is -1.56. The number of hydrogen-bond donors (Lipinski definition) is 1. The SMILES string of the molecule is Cc1cc(C(F)(F)F)n2nc(C(=O)Nc3ncn(Cc4c(F)cccc4Cl)n3)c(Br)c2n1. The summed E-state index contributed by atoms with van der Waals surface area (Å²) >= 11 is 9.08. The number of aryl methyl sites for hydroxylation is 1. The number of nitrogens with one attached hydrogen (secondary N) is 1. The van der Waals surface area contributed by atoms with Crippen LogP contribution >= 0.6 is 27.5 Å². The third kappa shape index (κ3) is 4.17. The molecule has 0 unspecified atom stereocenters. The monoisotopic (exact) mass is 531 g/mol. The Balaban J connectivity index is 1.61. The molecule has 1 amide bonds. The Bertz CT molecular complexity index is 1330. The third-order valence-corrected chi connectivity index (χ3v) is 5.39. The number of carbonyl (C=O) groups is 1. The van der Waals surface area contributed by atoms with E-state index in [2.05, 4.69) is 41.4 Å². The van der Waals surface area contributed by atoms with Gasteiger partial charge in [-0.2, -0.15) is 18.3 Å². The van der Waals surface area contributed by atoms with Gasteiger partial charge in [-0.05, 0) is 41.1 Å². The molecule has 0 fully saturated rings. The van der Waals surface area contributed by atoms with Crippen LogP contribution < -0.4 is 5.32 Å². The second kappa shape index (κ2) is 8.13. The minimum absolute atomic E-state index is 0.0261. The first-order valence-electron chi connectivity index (χ1n) is 8.81. The molecular weight excluding hydrogens is 522 g/mol. The van der Waals surface area contributed by atoms with Crippen LogP contribution in [0.3, 0.4) is 0 Å². The van der Waals surface area contributed by atoms with Gasteiger partial charge in [0.2, 0.25) is 5.95 Å². The van der Waals surface area contributed by atoms with E-state index in [9.17, 15) is 22.4 Å². The number of rotatable bonds is 4. The number of aromatic nitrogens is 6. The number of amides is 1. The van der Waals surface area contributed by atoms with Crippen LogP contribution in [0.1, 0.15) is 27.4 Å². The topological polar surface area (TPSA) is 90.0 Å². The number of nitrogens with zero attached hydrogens (tertiary/aromatic N) is 6. The van der Waals surface area contributed by atoms with Crippen molar-refractivity contribution in [3.05, 3.63) is 68.6 Å². The first kappa shape index (κ1) is 22.1. The summed E-state index contributed by atoms with van der Waals surface area (Å²) in [6.07, 6.45) is -3.47. The van der Waals surface area contributed by atoms with Gasteiger partial charge in [-0.25, -0.2) is 23.6 Å². The molecule has 3 heterocycles. The van der Waals surface area contributed by atoms with E-state index in [0.717, 1.165) is 6.07 Å². The highest BCUT2D eigenvalue weighted by molar-refractivity contribution is 9.10. The minimum Gasteiger partial charge on any atom is -0.288 e. The zero-order valence-corrected chi connectivity index (χ0v) is 18.3. The third-order valence-electron chi connectivity index (χ3n) is 4.31. The van der Waals surface area contributed by atoms with E-state index in [-0.39, 0.29) is 44.6 Å². The van der Waals surface area contributed by atoms with Crippen molar-refractivity contribution >= 4 is 45.0 Å². The maximum atomic E-state index is 13.9. The Morgan fingerprint density at radius 2 is 2.03 bits per heavy atom. The highest BCUT2D eigenvalue weighted by Gasteiger charge is 2.36. The lowest BCUT2D eigenvalue weighted by atomic mass is 10.2. The molecule has 166 valence electrons. The Hall–Kier alpha value is -3.06. The van der Waals surface area contributed by atoms with Gasteiger partial charge in [0, 0.05) is 16.3 Å². The lowest BCUT2D eigenvalue weighted by Gasteiger charge is -2.09. The van der Waals surface area contributed by atoms with Crippen molar-refractivity contribution in [3.8, 4) is 0 Å². The number of alkyl halides is 3. The number of halogens is 6. The molecule has 0 spiro atoms. The van der Waals surface area contributed by atoms with Crippen LogP contribution in [-0.4, -0.2) is 35.3 Å². The average Bonchev–Trinajstić information content (AvgIpc) is 3.28. The van der Waals surface area contributed by atoms with Gasteiger partial charge in [-0.3, -0.25) is 10.1 Å². The van der Waals surface area contributed by atoms with E-state index in [0.29, 0.717) is 4.52 Å². The van der Waals surface area contributed by atoms with Crippen LogP contribution in [-0.2, 0) is 12.7 Å². The van der Waals surface area contributed by atoms with E-state index in [1.165, 1.54) is 36.1 Å². The molecule has 14 heteroatoms. The molecule has 0 saturated carbocycles. The molecule has 8 nitrogen and oxygen atoms in total. The average molecular weight is 533 g/mol. The Kier molecular flexibility index (Phi) is 5.63. The lowest BCUT2D eigenvalue weighted by molar-refractivity contribution is -0.142. The van der Waals surface area contributed by atoms with Crippen molar-refractivity contribution in [1.82, 2.24) is 29.4 Å². The highest BCUT2D eigenvalue weighted by atomic mass is 79.9. The van der Waals surface area contributed by atoms with Crippen molar-refractivity contribution in [2.24, 2.45) is 0 Å². The molecule has 3 aromatic heterocycles. The fourth-order valence-electron chi connectivity index (χ4n) is 2.89. The number of fused-ring (bicyclic) bond motifs is 1. The summed E-state index contributed by atoms with van der Waals surface area (Å²) in [5.41, 5.74) is -1.31. The van der Waals surface area contributed by atoms with Crippen LogP contribution in [0, 0.1) is 12.7 Å². The summed E-state index contributed by atoms with van der Waals surface area (Å²) in [4.78, 5) is 20.5. The maximum Gasteiger partial charge on any atom is 0.433 e. The second-order valence-corrected chi connectivity index (χ2v) is 7.80. The molecular formula is C18H11BrClF4N7O. The highest BCUT2D eigenvalue weighted by Crippen LogP contribution is 2.32.